The lowest BCUT2D eigenvalue weighted by Crippen LogP contribution is -1.66. The molecule has 1 aromatic carbocycles. The highest BCUT2D eigenvalue weighted by Crippen LogP contribution is 2.42. The van der Waals surface area contributed by atoms with Crippen molar-refractivity contribution in [2.24, 2.45) is 0 Å². The van der Waals surface area contributed by atoms with Crippen LogP contribution < -0.4 is 0 Å². The van der Waals surface area contributed by atoms with Gasteiger partial charge in [0.05, 0.1) is 0 Å². The van der Waals surface area contributed by atoms with E-state index in [0.717, 1.165) is 11.5 Å². The molecule has 0 spiro atoms. The van der Waals surface area contributed by atoms with Crippen molar-refractivity contribution in [1.82, 2.24) is 0 Å². The van der Waals surface area contributed by atoms with Crippen molar-refractivity contribution in [3.05, 3.63) is 36.1 Å². The van der Waals surface area contributed by atoms with Crippen molar-refractivity contribution in [1.29, 1.82) is 0 Å². The lowest BCUT2D eigenvalue weighted by Gasteiger charge is -1.85. The Labute approximate surface area is 71.0 Å². The predicted molar refractivity (Wildman–Crippen MR) is 48.2 cm³/mol. The summed E-state index contributed by atoms with van der Waals surface area (Å²) in [6, 6.07) is 10.4. The van der Waals surface area contributed by atoms with Gasteiger partial charge in [-0.2, -0.15) is 0 Å². The first-order valence-corrected chi connectivity index (χ1v) is 4.42. The summed E-state index contributed by atoms with van der Waals surface area (Å²) in [6.07, 6.45) is 2.61. The van der Waals surface area contributed by atoms with Crippen LogP contribution in [0.5, 0.6) is 0 Å². The van der Waals surface area contributed by atoms with Crippen LogP contribution in [-0.2, 0) is 0 Å². The van der Waals surface area contributed by atoms with Gasteiger partial charge in [0.25, 0.3) is 0 Å². The monoisotopic (exact) mass is 158 g/mol. The van der Waals surface area contributed by atoms with E-state index in [9.17, 15) is 0 Å². The van der Waals surface area contributed by atoms with Gasteiger partial charge in [0.2, 0.25) is 0 Å². The smallest absolute Gasteiger partial charge is 0.134 e. The SMILES string of the molecule is c1ccc2oc(C3CC3)cc2c1. The van der Waals surface area contributed by atoms with Crippen LogP contribution in [0.2, 0.25) is 0 Å². The molecule has 0 amide bonds. The first kappa shape index (κ1) is 6.30. The van der Waals surface area contributed by atoms with Gasteiger partial charge in [0.15, 0.2) is 0 Å². The van der Waals surface area contributed by atoms with Crippen LogP contribution in [-0.4, -0.2) is 0 Å². The van der Waals surface area contributed by atoms with Crippen molar-refractivity contribution in [2.45, 2.75) is 18.8 Å². The maximum Gasteiger partial charge on any atom is 0.134 e. The number of hydrogen-bond acceptors (Lipinski definition) is 1. The molecule has 3 rings (SSSR count). The molecular formula is C11H10O. The Kier molecular flexibility index (Phi) is 1.12. The molecule has 1 aliphatic carbocycles. The molecule has 1 aliphatic rings. The third-order valence-electron chi connectivity index (χ3n) is 2.42. The molecule has 1 aromatic heterocycles. The van der Waals surface area contributed by atoms with E-state index in [1.807, 2.05) is 12.1 Å². The molecule has 0 atom stereocenters. The van der Waals surface area contributed by atoms with Crippen molar-refractivity contribution < 1.29 is 4.42 Å². The van der Waals surface area contributed by atoms with Crippen LogP contribution in [0.4, 0.5) is 0 Å². The summed E-state index contributed by atoms with van der Waals surface area (Å²) < 4.78 is 5.69. The summed E-state index contributed by atoms with van der Waals surface area (Å²) in [5.74, 6) is 1.90. The molecule has 60 valence electrons. The Hall–Kier alpha value is -1.24. The summed E-state index contributed by atoms with van der Waals surface area (Å²) >= 11 is 0. The molecule has 1 heterocycles. The zero-order chi connectivity index (χ0) is 7.97. The van der Waals surface area contributed by atoms with Crippen LogP contribution in [0, 0.1) is 0 Å². The fourth-order valence-corrected chi connectivity index (χ4v) is 1.57. The van der Waals surface area contributed by atoms with Crippen molar-refractivity contribution in [3.63, 3.8) is 0 Å². The van der Waals surface area contributed by atoms with Crippen LogP contribution in [0.1, 0.15) is 24.5 Å². The Morgan fingerprint density at radius 1 is 1.17 bits per heavy atom. The molecule has 1 heteroatoms. The number of para-hydroxylation sites is 1. The van der Waals surface area contributed by atoms with Gasteiger partial charge in [-0.15, -0.1) is 0 Å². The molecule has 1 saturated carbocycles. The normalized spacial score (nSPS) is 17.0. The van der Waals surface area contributed by atoms with Gasteiger partial charge < -0.3 is 4.42 Å². The van der Waals surface area contributed by atoms with E-state index < -0.39 is 0 Å². The molecule has 0 unspecified atom stereocenters. The number of benzene rings is 1. The lowest BCUT2D eigenvalue weighted by atomic mass is 10.2. The number of fused-ring (bicyclic) bond motifs is 1. The van der Waals surface area contributed by atoms with Crippen LogP contribution in [0.15, 0.2) is 34.7 Å². The summed E-state index contributed by atoms with van der Waals surface area (Å²) in [5, 5.41) is 1.24. The summed E-state index contributed by atoms with van der Waals surface area (Å²) in [5.41, 5.74) is 1.03. The topological polar surface area (TPSA) is 13.1 Å². The largest absolute Gasteiger partial charge is 0.461 e. The van der Waals surface area contributed by atoms with E-state index in [0.29, 0.717) is 0 Å². The Bertz CT molecular complexity index is 377. The highest BCUT2D eigenvalue weighted by Gasteiger charge is 2.26. The summed E-state index contributed by atoms with van der Waals surface area (Å²) in [7, 11) is 0. The number of furan rings is 1. The molecule has 0 bridgehead atoms. The summed E-state index contributed by atoms with van der Waals surface area (Å²) in [4.78, 5) is 0. The minimum absolute atomic E-state index is 0.720. The van der Waals surface area contributed by atoms with Crippen LogP contribution in [0.3, 0.4) is 0 Å². The standard InChI is InChI=1S/C11H10O/c1-2-4-10-9(3-1)7-11(12-10)8-5-6-8/h1-4,7-8H,5-6H2. The molecule has 0 N–H and O–H groups in total. The highest BCUT2D eigenvalue weighted by molar-refractivity contribution is 5.77. The minimum Gasteiger partial charge on any atom is -0.461 e. The van der Waals surface area contributed by atoms with E-state index in [2.05, 4.69) is 18.2 Å². The second-order valence-electron chi connectivity index (χ2n) is 3.46. The maximum absolute atomic E-state index is 5.69. The van der Waals surface area contributed by atoms with E-state index in [4.69, 9.17) is 4.42 Å². The zero-order valence-electron chi connectivity index (χ0n) is 6.79. The first-order chi connectivity index (χ1) is 5.93. The van der Waals surface area contributed by atoms with Gasteiger partial charge in [-0.05, 0) is 25.0 Å². The average Bonchev–Trinajstić information content (AvgIpc) is 2.85. The fraction of sp³-hybridized carbons (Fsp3) is 0.273. The van der Waals surface area contributed by atoms with E-state index in [1.54, 1.807) is 0 Å². The minimum atomic E-state index is 0.720. The molecule has 0 radical (unpaired) electrons. The first-order valence-electron chi connectivity index (χ1n) is 4.42. The quantitative estimate of drug-likeness (QED) is 0.620. The molecule has 1 nitrogen and oxygen atoms in total. The van der Waals surface area contributed by atoms with E-state index in [-0.39, 0.29) is 0 Å². The lowest BCUT2D eigenvalue weighted by molar-refractivity contribution is 0.552. The Morgan fingerprint density at radius 2 is 2.00 bits per heavy atom. The molecule has 2 aromatic rings. The van der Waals surface area contributed by atoms with Crippen molar-refractivity contribution >= 4 is 11.0 Å². The molecular weight excluding hydrogens is 148 g/mol. The predicted octanol–water partition coefficient (Wildman–Crippen LogP) is 3.31. The Morgan fingerprint density at radius 3 is 2.75 bits per heavy atom. The van der Waals surface area contributed by atoms with Crippen LogP contribution in [0.25, 0.3) is 11.0 Å². The molecule has 1 fully saturated rings. The van der Waals surface area contributed by atoms with Gasteiger partial charge in [0, 0.05) is 11.3 Å². The van der Waals surface area contributed by atoms with Gasteiger partial charge in [-0.1, -0.05) is 18.2 Å². The second-order valence-corrected chi connectivity index (χ2v) is 3.46. The number of hydrogen-bond donors (Lipinski definition) is 0. The van der Waals surface area contributed by atoms with Crippen molar-refractivity contribution in [2.75, 3.05) is 0 Å². The second kappa shape index (κ2) is 2.13. The molecule has 0 aliphatic heterocycles. The van der Waals surface area contributed by atoms with Gasteiger partial charge in [-0.3, -0.25) is 0 Å². The van der Waals surface area contributed by atoms with Crippen LogP contribution >= 0.6 is 0 Å². The van der Waals surface area contributed by atoms with Gasteiger partial charge in [0.1, 0.15) is 11.3 Å². The zero-order valence-corrected chi connectivity index (χ0v) is 6.79. The maximum atomic E-state index is 5.69. The Balaban J connectivity index is 2.23. The third-order valence-corrected chi connectivity index (χ3v) is 2.42. The molecule has 12 heavy (non-hydrogen) atoms. The van der Waals surface area contributed by atoms with E-state index >= 15 is 0 Å². The summed E-state index contributed by atoms with van der Waals surface area (Å²) in [6.45, 7) is 0. The van der Waals surface area contributed by atoms with Gasteiger partial charge >= 0.3 is 0 Å². The highest BCUT2D eigenvalue weighted by atomic mass is 16.3. The average molecular weight is 158 g/mol. The molecule has 0 saturated heterocycles. The third kappa shape index (κ3) is 0.860. The number of rotatable bonds is 1. The van der Waals surface area contributed by atoms with Crippen molar-refractivity contribution in [3.8, 4) is 0 Å². The van der Waals surface area contributed by atoms with Gasteiger partial charge in [-0.25, -0.2) is 0 Å². The van der Waals surface area contributed by atoms with E-state index in [1.165, 1.54) is 24.0 Å². The fourth-order valence-electron chi connectivity index (χ4n) is 1.57.